The Balaban J connectivity index is 0.000000996. The van der Waals surface area contributed by atoms with E-state index in [0.717, 1.165) is 11.8 Å². The average molecular weight is 534 g/mol. The van der Waals surface area contributed by atoms with Gasteiger partial charge in [-0.2, -0.15) is 0 Å². The molecule has 0 amide bonds. The Hall–Kier alpha value is -2.03. The molecule has 1 aromatic rings. The number of benzene rings is 1. The van der Waals surface area contributed by atoms with E-state index in [4.69, 9.17) is 0 Å². The molecule has 3 aliphatic rings. The van der Waals surface area contributed by atoms with Crippen LogP contribution in [0, 0.1) is 67.6 Å². The Labute approximate surface area is 242 Å². The van der Waals surface area contributed by atoms with Gasteiger partial charge in [0.15, 0.2) is 5.78 Å². The van der Waals surface area contributed by atoms with Crippen molar-refractivity contribution in [2.24, 2.45) is 28.6 Å². The number of rotatable bonds is 5. The lowest BCUT2D eigenvalue weighted by atomic mass is 9.43. The van der Waals surface area contributed by atoms with Crippen LogP contribution in [0.1, 0.15) is 122 Å². The number of fused-ring (bicyclic) bond motifs is 5. The number of likely N-dealkylation sites (N-methyl/N-ethyl adjacent to an activating group) is 1. The highest BCUT2D eigenvalue weighted by Gasteiger charge is 2.61. The minimum atomic E-state index is -0.0636. The lowest BCUT2D eigenvalue weighted by Crippen LogP contribution is -2.55. The molecule has 0 saturated heterocycles. The van der Waals surface area contributed by atoms with Crippen LogP contribution in [0.15, 0.2) is 6.07 Å². The summed E-state index contributed by atoms with van der Waals surface area (Å²) in [5, 5.41) is 3.25. The van der Waals surface area contributed by atoms with Crippen LogP contribution in [0.2, 0.25) is 0 Å². The molecular formula is C37H59NO. The SMILES string of the molecule is C#C.C#CC.CC.CNC(C(=O)Cc1c(C)cc2c(c1C)CC1C2(C)CCC2C(C)(C)CCCC21C)C(C)C. The Morgan fingerprint density at radius 3 is 2.15 bits per heavy atom. The lowest BCUT2D eigenvalue weighted by Gasteiger charge is -2.61. The average Bonchev–Trinajstić information content (AvgIpc) is 3.18. The minimum absolute atomic E-state index is 0.0636. The molecule has 0 aliphatic heterocycles. The fourth-order valence-electron chi connectivity index (χ4n) is 8.90. The molecule has 0 aromatic heterocycles. The van der Waals surface area contributed by atoms with E-state index in [1.807, 2.05) is 20.9 Å². The van der Waals surface area contributed by atoms with Gasteiger partial charge in [0.05, 0.1) is 6.04 Å². The van der Waals surface area contributed by atoms with E-state index in [1.165, 1.54) is 55.2 Å². The standard InChI is InChI=1S/C30H47NO.C3H4.C2H6.C2H2/c1-18(2)27(31-9)24(32)16-21-19(3)15-23-22(20(21)4)17-26-29(23,7)14-11-25-28(5,6)12-10-13-30(25,26)8;1-3-2;2*1-2/h15,18,25-27,31H,10-14,16-17H2,1-9H3;1H,2H3;1-2H3;1-2H. The zero-order chi connectivity index (χ0) is 30.3. The van der Waals surface area contributed by atoms with Crippen molar-refractivity contribution in [1.82, 2.24) is 5.32 Å². The molecule has 39 heavy (non-hydrogen) atoms. The maximum atomic E-state index is 13.2. The fraction of sp³-hybridized carbons (Fsp3) is 0.703. The van der Waals surface area contributed by atoms with Crippen LogP contribution in [0.25, 0.3) is 0 Å². The Bertz CT molecular complexity index is 1040. The van der Waals surface area contributed by atoms with E-state index < -0.39 is 0 Å². The first-order valence-corrected chi connectivity index (χ1v) is 15.3. The summed E-state index contributed by atoms with van der Waals surface area (Å²) in [4.78, 5) is 13.2. The van der Waals surface area contributed by atoms with Crippen molar-refractivity contribution in [1.29, 1.82) is 0 Å². The molecule has 0 heterocycles. The monoisotopic (exact) mass is 533 g/mol. The van der Waals surface area contributed by atoms with E-state index >= 15 is 0 Å². The number of carbonyl (C=O) groups excluding carboxylic acids is 1. The Morgan fingerprint density at radius 2 is 1.64 bits per heavy atom. The molecule has 3 aliphatic carbocycles. The van der Waals surface area contributed by atoms with Gasteiger partial charge in [-0.3, -0.25) is 4.79 Å². The first kappa shape index (κ1) is 35.0. The third-order valence-electron chi connectivity index (χ3n) is 10.6. The Kier molecular flexibility index (Phi) is 12.6. The first-order chi connectivity index (χ1) is 18.3. The van der Waals surface area contributed by atoms with Crippen molar-refractivity contribution in [3.05, 3.63) is 33.9 Å². The van der Waals surface area contributed by atoms with E-state index in [0.29, 0.717) is 29.0 Å². The van der Waals surface area contributed by atoms with Gasteiger partial charge in [0.2, 0.25) is 0 Å². The summed E-state index contributed by atoms with van der Waals surface area (Å²) in [6.07, 6.45) is 21.2. The van der Waals surface area contributed by atoms with E-state index in [2.05, 4.69) is 92.0 Å². The zero-order valence-electron chi connectivity index (χ0n) is 27.5. The molecule has 0 radical (unpaired) electrons. The van der Waals surface area contributed by atoms with Gasteiger partial charge < -0.3 is 5.32 Å². The summed E-state index contributed by atoms with van der Waals surface area (Å²) in [5.74, 6) is 4.46. The predicted octanol–water partition coefficient (Wildman–Crippen LogP) is 8.63. The van der Waals surface area contributed by atoms with Crippen molar-refractivity contribution in [2.45, 2.75) is 133 Å². The quantitative estimate of drug-likeness (QED) is 0.384. The highest BCUT2D eigenvalue weighted by Crippen LogP contribution is 2.67. The largest absolute Gasteiger partial charge is 0.310 e. The van der Waals surface area contributed by atoms with Crippen LogP contribution in [0.5, 0.6) is 0 Å². The molecule has 0 spiro atoms. The number of hydrogen-bond acceptors (Lipinski definition) is 2. The molecule has 2 nitrogen and oxygen atoms in total. The second-order valence-corrected chi connectivity index (χ2v) is 13.4. The first-order valence-electron chi connectivity index (χ1n) is 15.3. The van der Waals surface area contributed by atoms with Crippen LogP contribution in [0.3, 0.4) is 0 Å². The summed E-state index contributed by atoms with van der Waals surface area (Å²) >= 11 is 0. The molecular weight excluding hydrogens is 474 g/mol. The van der Waals surface area contributed by atoms with Crippen LogP contribution in [0.4, 0.5) is 0 Å². The van der Waals surface area contributed by atoms with Gasteiger partial charge in [-0.25, -0.2) is 0 Å². The number of aryl methyl sites for hydroxylation is 1. The number of hydrogen-bond donors (Lipinski definition) is 1. The second kappa shape index (κ2) is 14.0. The molecule has 5 atom stereocenters. The molecule has 1 aromatic carbocycles. The van der Waals surface area contributed by atoms with Gasteiger partial charge in [0.1, 0.15) is 0 Å². The van der Waals surface area contributed by atoms with Crippen LogP contribution >= 0.6 is 0 Å². The van der Waals surface area contributed by atoms with Gasteiger partial charge in [-0.1, -0.05) is 67.9 Å². The minimum Gasteiger partial charge on any atom is -0.310 e. The molecule has 2 saturated carbocycles. The summed E-state index contributed by atoms with van der Waals surface area (Å²) < 4.78 is 0. The molecule has 0 bridgehead atoms. The van der Waals surface area contributed by atoms with Crippen molar-refractivity contribution in [2.75, 3.05) is 7.05 Å². The van der Waals surface area contributed by atoms with Crippen LogP contribution < -0.4 is 5.32 Å². The Morgan fingerprint density at radius 1 is 1.08 bits per heavy atom. The number of nitrogens with one attached hydrogen (secondary N) is 1. The van der Waals surface area contributed by atoms with Crippen molar-refractivity contribution in [3.63, 3.8) is 0 Å². The molecule has 5 unspecified atom stereocenters. The number of terminal acetylenes is 2. The van der Waals surface area contributed by atoms with Crippen LogP contribution in [-0.4, -0.2) is 18.9 Å². The third-order valence-corrected chi connectivity index (χ3v) is 10.6. The second-order valence-electron chi connectivity index (χ2n) is 13.4. The maximum Gasteiger partial charge on any atom is 0.154 e. The number of carbonyl (C=O) groups is 1. The molecule has 218 valence electrons. The molecule has 2 heteroatoms. The van der Waals surface area contributed by atoms with Crippen molar-refractivity contribution >= 4 is 5.78 Å². The molecule has 4 rings (SSSR count). The normalized spacial score (nSPS) is 28.4. The topological polar surface area (TPSA) is 29.1 Å². The van der Waals surface area contributed by atoms with Gasteiger partial charge >= 0.3 is 0 Å². The van der Waals surface area contributed by atoms with Gasteiger partial charge in [-0.15, -0.1) is 25.2 Å². The zero-order valence-corrected chi connectivity index (χ0v) is 27.5. The lowest BCUT2D eigenvalue weighted by molar-refractivity contribution is -0.121. The fourth-order valence-corrected chi connectivity index (χ4v) is 8.90. The summed E-state index contributed by atoms with van der Waals surface area (Å²) in [6, 6.07) is 2.43. The smallest absolute Gasteiger partial charge is 0.154 e. The van der Waals surface area contributed by atoms with E-state index in [-0.39, 0.29) is 11.5 Å². The van der Waals surface area contributed by atoms with Gasteiger partial charge in [0.25, 0.3) is 0 Å². The maximum absolute atomic E-state index is 13.2. The van der Waals surface area contributed by atoms with Gasteiger partial charge in [0, 0.05) is 6.42 Å². The van der Waals surface area contributed by atoms with Crippen LogP contribution in [-0.2, 0) is 23.1 Å². The molecule has 2 fully saturated rings. The molecule has 1 N–H and O–H groups in total. The van der Waals surface area contributed by atoms with E-state index in [9.17, 15) is 4.79 Å². The van der Waals surface area contributed by atoms with Crippen molar-refractivity contribution < 1.29 is 4.79 Å². The van der Waals surface area contributed by atoms with Crippen molar-refractivity contribution in [3.8, 4) is 25.2 Å². The number of Topliss-reactive ketones (excluding diaryl/α,β-unsaturated/α-hetero) is 1. The highest BCUT2D eigenvalue weighted by atomic mass is 16.1. The van der Waals surface area contributed by atoms with E-state index in [1.54, 1.807) is 18.1 Å². The third kappa shape index (κ3) is 6.49. The van der Waals surface area contributed by atoms with Gasteiger partial charge in [-0.05, 0) is 122 Å². The summed E-state index contributed by atoms with van der Waals surface area (Å²) in [5.41, 5.74) is 8.42. The predicted molar refractivity (Wildman–Crippen MR) is 171 cm³/mol. The highest BCUT2D eigenvalue weighted by molar-refractivity contribution is 5.87. The summed E-state index contributed by atoms with van der Waals surface area (Å²) in [6.45, 7) is 24.8. The number of ketones is 1. The summed E-state index contributed by atoms with van der Waals surface area (Å²) in [7, 11) is 1.92.